The second-order valence-corrected chi connectivity index (χ2v) is 5.80. The van der Waals surface area contributed by atoms with Crippen LogP contribution >= 0.6 is 0 Å². The van der Waals surface area contributed by atoms with Gasteiger partial charge in [0.1, 0.15) is 6.26 Å². The molecule has 0 aliphatic heterocycles. The third kappa shape index (κ3) is 6.31. The van der Waals surface area contributed by atoms with Crippen molar-refractivity contribution in [3.05, 3.63) is 12.0 Å². The first-order valence-electron chi connectivity index (χ1n) is 6.17. The van der Waals surface area contributed by atoms with Crippen LogP contribution in [-0.2, 0) is 6.54 Å². The van der Waals surface area contributed by atoms with E-state index in [4.69, 9.17) is 9.15 Å². The maximum absolute atomic E-state index is 5.46. The largest absolute Gasteiger partial charge is 0.450 e. The van der Waals surface area contributed by atoms with E-state index < -0.39 is 0 Å². The third-order valence-electron chi connectivity index (χ3n) is 2.30. The van der Waals surface area contributed by atoms with E-state index in [2.05, 4.69) is 44.9 Å². The van der Waals surface area contributed by atoms with Gasteiger partial charge < -0.3 is 14.5 Å². The second-order valence-electron chi connectivity index (χ2n) is 5.80. The van der Waals surface area contributed by atoms with Gasteiger partial charge >= 0.3 is 6.08 Å². The summed E-state index contributed by atoms with van der Waals surface area (Å²) < 4.78 is 10.7. The molecule has 0 aliphatic rings. The summed E-state index contributed by atoms with van der Waals surface area (Å²) in [5, 5.41) is 3.28. The fraction of sp³-hybridized carbons (Fsp3) is 0.769. The monoisotopic (exact) mass is 240 g/mol. The zero-order valence-electron chi connectivity index (χ0n) is 11.5. The Bertz CT molecular complexity index is 326. The first kappa shape index (κ1) is 14.0. The molecule has 0 saturated carbocycles. The number of oxazole rings is 1. The molecule has 1 N–H and O–H groups in total. The van der Waals surface area contributed by atoms with Crippen LogP contribution in [-0.4, -0.2) is 17.6 Å². The van der Waals surface area contributed by atoms with E-state index in [-0.39, 0.29) is 5.41 Å². The highest BCUT2D eigenvalue weighted by molar-refractivity contribution is 4.99. The van der Waals surface area contributed by atoms with Crippen molar-refractivity contribution in [1.82, 2.24) is 10.3 Å². The van der Waals surface area contributed by atoms with Gasteiger partial charge in [-0.05, 0) is 11.8 Å². The van der Waals surface area contributed by atoms with Crippen molar-refractivity contribution in [2.75, 3.05) is 6.61 Å². The summed E-state index contributed by atoms with van der Waals surface area (Å²) >= 11 is 0. The van der Waals surface area contributed by atoms with Gasteiger partial charge in [-0.1, -0.05) is 34.6 Å². The normalized spacial score (nSPS) is 12.1. The molecule has 4 heteroatoms. The molecular formula is C13H24N2O2. The lowest BCUT2D eigenvalue weighted by molar-refractivity contribution is 0.191. The zero-order chi connectivity index (χ0) is 12.9. The van der Waals surface area contributed by atoms with Crippen LogP contribution < -0.4 is 10.1 Å². The Labute approximate surface area is 104 Å². The standard InChI is InChI=1S/C13H24N2O2/c1-10(2)14-8-11-9-17-12(15-11)16-7-6-13(3,4)5/h9-10,14H,6-8H2,1-5H3. The number of nitrogens with zero attached hydrogens (tertiary/aromatic N) is 1. The van der Waals surface area contributed by atoms with Gasteiger partial charge in [-0.15, -0.1) is 0 Å². The zero-order valence-corrected chi connectivity index (χ0v) is 11.5. The lowest BCUT2D eigenvalue weighted by atomic mass is 9.93. The summed E-state index contributed by atoms with van der Waals surface area (Å²) in [6, 6.07) is 0.442. The number of aromatic nitrogens is 1. The van der Waals surface area contributed by atoms with Crippen LogP contribution in [0.15, 0.2) is 10.7 Å². The highest BCUT2D eigenvalue weighted by Crippen LogP contribution is 2.19. The minimum atomic E-state index is 0.272. The Kier molecular flexibility index (Phi) is 5.00. The molecule has 1 rings (SSSR count). The minimum Gasteiger partial charge on any atom is -0.450 e. The number of hydrogen-bond acceptors (Lipinski definition) is 4. The van der Waals surface area contributed by atoms with Gasteiger partial charge in [0, 0.05) is 12.6 Å². The topological polar surface area (TPSA) is 47.3 Å². The fourth-order valence-corrected chi connectivity index (χ4v) is 1.19. The van der Waals surface area contributed by atoms with Gasteiger partial charge in [0.15, 0.2) is 0 Å². The molecular weight excluding hydrogens is 216 g/mol. The molecule has 0 aliphatic carbocycles. The average Bonchev–Trinajstić information content (AvgIpc) is 2.61. The second kappa shape index (κ2) is 6.05. The Morgan fingerprint density at radius 3 is 2.71 bits per heavy atom. The number of rotatable bonds is 6. The van der Waals surface area contributed by atoms with Crippen molar-refractivity contribution < 1.29 is 9.15 Å². The van der Waals surface area contributed by atoms with Gasteiger partial charge in [0.05, 0.1) is 12.3 Å². The first-order chi connectivity index (χ1) is 7.87. The van der Waals surface area contributed by atoms with Gasteiger partial charge in [0.2, 0.25) is 0 Å². The van der Waals surface area contributed by atoms with Gasteiger partial charge in [-0.3, -0.25) is 0 Å². The van der Waals surface area contributed by atoms with Crippen LogP contribution in [0.2, 0.25) is 0 Å². The minimum absolute atomic E-state index is 0.272. The predicted molar refractivity (Wildman–Crippen MR) is 68.0 cm³/mol. The maximum atomic E-state index is 5.46. The summed E-state index contributed by atoms with van der Waals surface area (Å²) in [6.45, 7) is 12.1. The molecule has 1 aromatic heterocycles. The Morgan fingerprint density at radius 1 is 1.41 bits per heavy atom. The highest BCUT2D eigenvalue weighted by atomic mass is 16.6. The van der Waals surface area contributed by atoms with Crippen molar-refractivity contribution in [2.24, 2.45) is 5.41 Å². The van der Waals surface area contributed by atoms with Crippen molar-refractivity contribution in [1.29, 1.82) is 0 Å². The Hall–Kier alpha value is -1.03. The Morgan fingerprint density at radius 2 is 2.12 bits per heavy atom. The number of nitrogens with one attached hydrogen (secondary N) is 1. The van der Waals surface area contributed by atoms with Crippen LogP contribution in [0.4, 0.5) is 0 Å². The molecule has 0 bridgehead atoms. The highest BCUT2D eigenvalue weighted by Gasteiger charge is 2.11. The van der Waals surface area contributed by atoms with Crippen LogP contribution in [0.5, 0.6) is 6.08 Å². The molecule has 0 atom stereocenters. The fourth-order valence-electron chi connectivity index (χ4n) is 1.19. The van der Waals surface area contributed by atoms with Crippen LogP contribution in [0, 0.1) is 5.41 Å². The first-order valence-corrected chi connectivity index (χ1v) is 6.17. The van der Waals surface area contributed by atoms with Gasteiger partial charge in [0.25, 0.3) is 0 Å². The summed E-state index contributed by atoms with van der Waals surface area (Å²) in [5.74, 6) is 0. The van der Waals surface area contributed by atoms with Gasteiger partial charge in [-0.25, -0.2) is 0 Å². The van der Waals surface area contributed by atoms with Gasteiger partial charge in [-0.2, -0.15) is 4.98 Å². The molecule has 0 unspecified atom stereocenters. The molecule has 98 valence electrons. The smallest absolute Gasteiger partial charge is 0.393 e. The molecule has 0 radical (unpaired) electrons. The average molecular weight is 240 g/mol. The van der Waals surface area contributed by atoms with E-state index in [0.29, 0.717) is 25.3 Å². The molecule has 0 aromatic carbocycles. The van der Waals surface area contributed by atoms with Crippen LogP contribution in [0.3, 0.4) is 0 Å². The third-order valence-corrected chi connectivity index (χ3v) is 2.30. The SMILES string of the molecule is CC(C)NCc1coc(OCCC(C)(C)C)n1. The molecule has 4 nitrogen and oxygen atoms in total. The molecule has 1 heterocycles. The van der Waals surface area contributed by atoms with E-state index in [9.17, 15) is 0 Å². The van der Waals surface area contributed by atoms with Crippen molar-refractivity contribution in [3.63, 3.8) is 0 Å². The van der Waals surface area contributed by atoms with E-state index in [1.54, 1.807) is 6.26 Å². The lowest BCUT2D eigenvalue weighted by Gasteiger charge is -2.16. The molecule has 0 saturated heterocycles. The van der Waals surface area contributed by atoms with Crippen LogP contribution in [0.25, 0.3) is 0 Å². The van der Waals surface area contributed by atoms with E-state index in [0.717, 1.165) is 12.1 Å². The molecule has 0 spiro atoms. The lowest BCUT2D eigenvalue weighted by Crippen LogP contribution is -2.21. The van der Waals surface area contributed by atoms with E-state index >= 15 is 0 Å². The quantitative estimate of drug-likeness (QED) is 0.830. The molecule has 0 fully saturated rings. The van der Waals surface area contributed by atoms with Crippen LogP contribution in [0.1, 0.15) is 46.7 Å². The van der Waals surface area contributed by atoms with E-state index in [1.807, 2.05) is 0 Å². The number of ether oxygens (including phenoxy) is 1. The summed E-state index contributed by atoms with van der Waals surface area (Å²) in [7, 11) is 0. The maximum Gasteiger partial charge on any atom is 0.393 e. The van der Waals surface area contributed by atoms with Crippen molar-refractivity contribution in [2.45, 2.75) is 53.6 Å². The Balaban J connectivity index is 2.31. The molecule has 1 aromatic rings. The summed E-state index contributed by atoms with van der Waals surface area (Å²) in [5.41, 5.74) is 1.15. The predicted octanol–water partition coefficient (Wildman–Crippen LogP) is 2.99. The summed E-state index contributed by atoms with van der Waals surface area (Å²) in [6.07, 6.45) is 2.99. The number of hydrogen-bond donors (Lipinski definition) is 1. The van der Waals surface area contributed by atoms with Crippen molar-refractivity contribution >= 4 is 0 Å². The van der Waals surface area contributed by atoms with Crippen molar-refractivity contribution in [3.8, 4) is 6.08 Å². The van der Waals surface area contributed by atoms with E-state index in [1.165, 1.54) is 0 Å². The summed E-state index contributed by atoms with van der Waals surface area (Å²) in [4.78, 5) is 4.25. The molecule has 17 heavy (non-hydrogen) atoms. The molecule has 0 amide bonds.